The Bertz CT molecular complexity index is 843. The van der Waals surface area contributed by atoms with Crippen LogP contribution in [0.5, 0.6) is 0 Å². The Balaban J connectivity index is 1.59. The van der Waals surface area contributed by atoms with E-state index < -0.39 is 0 Å². The predicted octanol–water partition coefficient (Wildman–Crippen LogP) is 1.42. The minimum absolute atomic E-state index is 0.0461. The van der Waals surface area contributed by atoms with Gasteiger partial charge in [-0.3, -0.25) is 9.47 Å². The van der Waals surface area contributed by atoms with Crippen LogP contribution in [0, 0.1) is 0 Å². The molecule has 0 radical (unpaired) electrons. The fourth-order valence-corrected chi connectivity index (χ4v) is 4.55. The summed E-state index contributed by atoms with van der Waals surface area (Å²) in [6.07, 6.45) is 3.17. The van der Waals surface area contributed by atoms with E-state index in [1.165, 1.54) is 0 Å². The summed E-state index contributed by atoms with van der Waals surface area (Å²) in [7, 11) is 0. The SMILES string of the molecule is Clc1nc(N2CCOCC2)c2nc(CN3CCNCC3)n(C3CCCCO3)c2n1. The second-order valence-electron chi connectivity index (χ2n) is 7.83. The van der Waals surface area contributed by atoms with Crippen LogP contribution in [0.25, 0.3) is 11.2 Å². The highest BCUT2D eigenvalue weighted by Crippen LogP contribution is 2.32. The fourth-order valence-electron chi connectivity index (χ4n) is 4.39. The molecule has 2 aromatic heterocycles. The number of anilines is 1. The van der Waals surface area contributed by atoms with E-state index >= 15 is 0 Å². The third kappa shape index (κ3) is 4.06. The highest BCUT2D eigenvalue weighted by molar-refractivity contribution is 6.28. The Morgan fingerprint density at radius 3 is 2.59 bits per heavy atom. The molecule has 1 unspecified atom stereocenters. The molecule has 1 N–H and O–H groups in total. The molecule has 0 amide bonds. The van der Waals surface area contributed by atoms with Gasteiger partial charge in [0.05, 0.1) is 19.8 Å². The van der Waals surface area contributed by atoms with Gasteiger partial charge >= 0.3 is 0 Å². The number of rotatable bonds is 4. The molecule has 3 fully saturated rings. The number of nitrogens with one attached hydrogen (secondary N) is 1. The van der Waals surface area contributed by atoms with Crippen molar-refractivity contribution in [3.63, 3.8) is 0 Å². The van der Waals surface area contributed by atoms with Crippen molar-refractivity contribution < 1.29 is 9.47 Å². The first-order valence-corrected chi connectivity index (χ1v) is 11.0. The summed E-state index contributed by atoms with van der Waals surface area (Å²) in [5.74, 6) is 1.79. The van der Waals surface area contributed by atoms with Crippen molar-refractivity contribution in [2.75, 3.05) is 64.0 Å². The van der Waals surface area contributed by atoms with Gasteiger partial charge in [0, 0.05) is 45.9 Å². The minimum Gasteiger partial charge on any atom is -0.378 e. The maximum atomic E-state index is 6.37. The molecule has 9 nitrogen and oxygen atoms in total. The summed E-state index contributed by atoms with van der Waals surface area (Å²) < 4.78 is 13.8. The van der Waals surface area contributed by atoms with Gasteiger partial charge < -0.3 is 19.7 Å². The maximum Gasteiger partial charge on any atom is 0.226 e. The summed E-state index contributed by atoms with van der Waals surface area (Å²) in [6.45, 7) is 8.51. The zero-order valence-corrected chi connectivity index (χ0v) is 17.4. The highest BCUT2D eigenvalue weighted by Gasteiger charge is 2.28. The number of halogens is 1. The van der Waals surface area contributed by atoms with Crippen LogP contribution in [-0.2, 0) is 16.0 Å². The van der Waals surface area contributed by atoms with Crippen molar-refractivity contribution in [2.24, 2.45) is 0 Å². The number of nitrogens with zero attached hydrogens (tertiary/aromatic N) is 6. The van der Waals surface area contributed by atoms with E-state index in [0.29, 0.717) is 13.2 Å². The summed E-state index contributed by atoms with van der Waals surface area (Å²) in [6, 6.07) is 0. The Morgan fingerprint density at radius 2 is 1.83 bits per heavy atom. The summed E-state index contributed by atoms with van der Waals surface area (Å²) in [5, 5.41) is 3.67. The molecular formula is C19H28ClN7O2. The van der Waals surface area contributed by atoms with E-state index in [0.717, 1.165) is 94.5 Å². The molecule has 0 aromatic carbocycles. The normalized spacial score (nSPS) is 24.3. The number of piperazine rings is 1. The quantitative estimate of drug-likeness (QED) is 0.742. The molecule has 5 rings (SSSR count). The van der Waals surface area contributed by atoms with E-state index in [1.807, 2.05) is 0 Å². The van der Waals surface area contributed by atoms with Crippen LogP contribution in [0.15, 0.2) is 0 Å². The van der Waals surface area contributed by atoms with Gasteiger partial charge in [-0.2, -0.15) is 9.97 Å². The van der Waals surface area contributed by atoms with Crippen molar-refractivity contribution in [1.29, 1.82) is 0 Å². The van der Waals surface area contributed by atoms with Crippen molar-refractivity contribution in [2.45, 2.75) is 32.0 Å². The molecule has 3 aliphatic rings. The lowest BCUT2D eigenvalue weighted by molar-refractivity contribution is -0.0323. The number of ether oxygens (including phenoxy) is 2. The van der Waals surface area contributed by atoms with E-state index in [1.54, 1.807) is 0 Å². The Hall–Kier alpha value is -1.52. The molecule has 3 saturated heterocycles. The lowest BCUT2D eigenvalue weighted by atomic mass is 10.2. The van der Waals surface area contributed by atoms with Gasteiger partial charge in [-0.05, 0) is 30.9 Å². The van der Waals surface area contributed by atoms with Crippen molar-refractivity contribution in [3.8, 4) is 0 Å². The van der Waals surface area contributed by atoms with Crippen LogP contribution in [0.3, 0.4) is 0 Å². The standard InChI is InChI=1S/C19H28ClN7O2/c20-19-23-17(26-8-11-28-12-9-26)16-18(24-19)27(15-3-1-2-10-29-15)14(22-16)13-25-6-4-21-5-7-25/h15,21H,1-13H2. The summed E-state index contributed by atoms with van der Waals surface area (Å²) >= 11 is 6.37. The monoisotopic (exact) mass is 421 g/mol. The Kier molecular flexibility index (Phi) is 5.83. The van der Waals surface area contributed by atoms with E-state index in [-0.39, 0.29) is 11.5 Å². The van der Waals surface area contributed by atoms with E-state index in [4.69, 9.17) is 26.1 Å². The average molecular weight is 422 g/mol. The average Bonchev–Trinajstić information content (AvgIpc) is 3.12. The Labute approximate surface area is 175 Å². The van der Waals surface area contributed by atoms with E-state index in [9.17, 15) is 0 Å². The molecule has 2 aromatic rings. The number of morpholine rings is 1. The van der Waals surface area contributed by atoms with Gasteiger partial charge in [0.2, 0.25) is 5.28 Å². The van der Waals surface area contributed by atoms with Crippen LogP contribution >= 0.6 is 11.6 Å². The topological polar surface area (TPSA) is 80.6 Å². The molecule has 0 aliphatic carbocycles. The lowest BCUT2D eigenvalue weighted by Gasteiger charge is -2.29. The molecule has 3 aliphatic heterocycles. The van der Waals surface area contributed by atoms with Crippen LogP contribution in [0.1, 0.15) is 31.3 Å². The minimum atomic E-state index is -0.0461. The van der Waals surface area contributed by atoms with Gasteiger partial charge in [-0.1, -0.05) is 0 Å². The van der Waals surface area contributed by atoms with Crippen LogP contribution < -0.4 is 10.2 Å². The molecule has 1 atom stereocenters. The lowest BCUT2D eigenvalue weighted by Crippen LogP contribution is -2.43. The maximum absolute atomic E-state index is 6.37. The molecule has 5 heterocycles. The van der Waals surface area contributed by atoms with E-state index in [2.05, 4.69) is 29.7 Å². The molecule has 158 valence electrons. The van der Waals surface area contributed by atoms with Gasteiger partial charge in [0.1, 0.15) is 12.1 Å². The first-order chi connectivity index (χ1) is 14.3. The second-order valence-corrected chi connectivity index (χ2v) is 8.17. The zero-order valence-electron chi connectivity index (χ0n) is 16.6. The number of hydrogen-bond donors (Lipinski definition) is 1. The van der Waals surface area contributed by atoms with Crippen molar-refractivity contribution >= 4 is 28.6 Å². The number of fused-ring (bicyclic) bond motifs is 1. The number of imidazole rings is 1. The highest BCUT2D eigenvalue weighted by atomic mass is 35.5. The van der Waals surface area contributed by atoms with Crippen molar-refractivity contribution in [1.82, 2.24) is 29.7 Å². The largest absolute Gasteiger partial charge is 0.378 e. The smallest absolute Gasteiger partial charge is 0.226 e. The first-order valence-electron chi connectivity index (χ1n) is 10.6. The third-order valence-electron chi connectivity index (χ3n) is 5.90. The van der Waals surface area contributed by atoms with Crippen LogP contribution in [-0.4, -0.2) is 83.5 Å². The van der Waals surface area contributed by atoms with Crippen molar-refractivity contribution in [3.05, 3.63) is 11.1 Å². The van der Waals surface area contributed by atoms with Gasteiger partial charge in [-0.25, -0.2) is 4.98 Å². The number of aromatic nitrogens is 4. The third-order valence-corrected chi connectivity index (χ3v) is 6.06. The number of hydrogen-bond acceptors (Lipinski definition) is 8. The molecule has 29 heavy (non-hydrogen) atoms. The predicted molar refractivity (Wildman–Crippen MR) is 110 cm³/mol. The zero-order chi connectivity index (χ0) is 19.6. The molecule has 10 heteroatoms. The molecule has 0 bridgehead atoms. The summed E-state index contributed by atoms with van der Waals surface area (Å²) in [5.41, 5.74) is 1.60. The van der Waals surface area contributed by atoms with Gasteiger partial charge in [-0.15, -0.1) is 0 Å². The van der Waals surface area contributed by atoms with Gasteiger partial charge in [0.25, 0.3) is 0 Å². The van der Waals surface area contributed by atoms with Crippen LogP contribution in [0.4, 0.5) is 5.82 Å². The van der Waals surface area contributed by atoms with Crippen LogP contribution in [0.2, 0.25) is 5.28 Å². The Morgan fingerprint density at radius 1 is 1.00 bits per heavy atom. The fraction of sp³-hybridized carbons (Fsp3) is 0.737. The van der Waals surface area contributed by atoms with Gasteiger partial charge in [0.15, 0.2) is 17.0 Å². The second kappa shape index (κ2) is 8.69. The summed E-state index contributed by atoms with van der Waals surface area (Å²) in [4.78, 5) is 18.8. The molecular weight excluding hydrogens is 394 g/mol. The first kappa shape index (κ1) is 19.4. The molecule has 0 saturated carbocycles. The molecule has 0 spiro atoms.